The molecular weight excluding hydrogens is 642 g/mol. The Labute approximate surface area is 251 Å². The van der Waals surface area contributed by atoms with Crippen LogP contribution in [0, 0.1) is 11.2 Å². The minimum Gasteiger partial charge on any atom is -0.337 e. The standard InChI is InChI=1S/C29H29F8NO4S2/c1-3-25(2,15-20-16-43(20)40)24(39)38-13-12-26(44(41,42)21-8-6-19(30)7-9-21)22-10-5-18(14-17(22)4-11-23(26)38)27(31,28(32,33)34)29(35,36)37/h5-10,14,20,23H,3-4,11-13,15-16H2,1-2H3/t20?,23-,25?,26-,43?/m1/s1. The predicted octanol–water partition coefficient (Wildman–Crippen LogP) is 6.27. The van der Waals surface area contributed by atoms with Crippen LogP contribution in [-0.2, 0) is 42.3 Å². The predicted molar refractivity (Wildman–Crippen MR) is 145 cm³/mol. The van der Waals surface area contributed by atoms with Crippen LogP contribution in [0.1, 0.15) is 56.2 Å². The fourth-order valence-corrected chi connectivity index (χ4v) is 10.3. The zero-order chi connectivity index (χ0) is 32.7. The fraction of sp³-hybridized carbons (Fsp3) is 0.552. The minimum absolute atomic E-state index is 0.105. The Morgan fingerprint density at radius 1 is 1.02 bits per heavy atom. The molecule has 5 atom stereocenters. The first kappa shape index (κ1) is 32.8. The molecule has 2 aromatic rings. The number of rotatable bonds is 7. The number of halogens is 8. The van der Waals surface area contributed by atoms with Crippen molar-refractivity contribution in [2.45, 2.75) is 84.9 Å². The van der Waals surface area contributed by atoms with Crippen LogP contribution in [0.5, 0.6) is 0 Å². The van der Waals surface area contributed by atoms with E-state index in [0.717, 1.165) is 30.3 Å². The lowest BCUT2D eigenvalue weighted by Gasteiger charge is -2.44. The van der Waals surface area contributed by atoms with Gasteiger partial charge in [-0.25, -0.2) is 17.2 Å². The second-order valence-corrected chi connectivity index (χ2v) is 15.9. The Morgan fingerprint density at radius 2 is 1.61 bits per heavy atom. The summed E-state index contributed by atoms with van der Waals surface area (Å²) in [6, 6.07) is 4.22. The van der Waals surface area contributed by atoms with Gasteiger partial charge in [0.25, 0.3) is 0 Å². The largest absolute Gasteiger partial charge is 0.435 e. The van der Waals surface area contributed by atoms with E-state index in [0.29, 0.717) is 30.7 Å². The van der Waals surface area contributed by atoms with Crippen molar-refractivity contribution in [2.75, 3.05) is 12.3 Å². The number of alkyl halides is 7. The van der Waals surface area contributed by atoms with Crippen LogP contribution in [0.15, 0.2) is 47.4 Å². The Morgan fingerprint density at radius 3 is 2.14 bits per heavy atom. The number of benzene rings is 2. The number of aryl methyl sites for hydroxylation is 1. The lowest BCUT2D eigenvalue weighted by molar-refractivity contribution is -0.348. The molecule has 2 saturated heterocycles. The maximum Gasteiger partial charge on any atom is 0.435 e. The molecule has 0 aromatic heterocycles. The summed E-state index contributed by atoms with van der Waals surface area (Å²) in [6.07, 6.45) is -12.7. The SMILES string of the molecule is CCC(C)(CC1CS1=O)C(=O)N1CC[C@@]2(S(=O)(=O)c3ccc(F)cc3)c3ccc(C(F)(C(F)(F)F)C(F)(F)F)cc3CC[C@@H]12. The number of carbonyl (C=O) groups is 1. The summed E-state index contributed by atoms with van der Waals surface area (Å²) in [4.78, 5) is 15.1. The maximum absolute atomic E-state index is 15.0. The van der Waals surface area contributed by atoms with Crippen LogP contribution in [0.4, 0.5) is 35.1 Å². The van der Waals surface area contributed by atoms with Gasteiger partial charge in [0, 0.05) is 39.3 Å². The second-order valence-electron chi connectivity index (χ2n) is 12.0. The maximum atomic E-state index is 15.0. The molecule has 1 amide bonds. The van der Waals surface area contributed by atoms with E-state index < -0.39 is 72.1 Å². The number of sulfone groups is 1. The lowest BCUT2D eigenvalue weighted by Crippen LogP contribution is -2.55. The number of amides is 1. The third-order valence-corrected chi connectivity index (χ3v) is 13.4. The van der Waals surface area contributed by atoms with E-state index in [-0.39, 0.29) is 47.1 Å². The molecule has 2 aromatic carbocycles. The molecule has 5 nitrogen and oxygen atoms in total. The number of fused-ring (bicyclic) bond motifs is 3. The van der Waals surface area contributed by atoms with Gasteiger partial charge in [0.05, 0.1) is 10.9 Å². The van der Waals surface area contributed by atoms with Gasteiger partial charge in [-0.15, -0.1) is 0 Å². The Bertz CT molecular complexity index is 1590. The minimum atomic E-state index is -6.36. The van der Waals surface area contributed by atoms with E-state index in [1.54, 1.807) is 13.8 Å². The molecule has 3 aliphatic rings. The van der Waals surface area contributed by atoms with E-state index >= 15 is 4.39 Å². The van der Waals surface area contributed by atoms with Crippen molar-refractivity contribution in [3.63, 3.8) is 0 Å². The van der Waals surface area contributed by atoms with E-state index in [9.17, 15) is 48.2 Å². The molecular formula is C29H29F8NO4S2. The quantitative estimate of drug-likeness (QED) is 0.198. The Kier molecular flexibility index (Phi) is 7.83. The van der Waals surface area contributed by atoms with Crippen molar-refractivity contribution in [2.24, 2.45) is 5.41 Å². The number of likely N-dealkylation sites (tertiary alicyclic amines) is 1. The molecule has 2 aliphatic heterocycles. The molecule has 44 heavy (non-hydrogen) atoms. The molecule has 242 valence electrons. The van der Waals surface area contributed by atoms with Crippen molar-refractivity contribution in [1.29, 1.82) is 0 Å². The van der Waals surface area contributed by atoms with E-state index in [4.69, 9.17) is 0 Å². The topological polar surface area (TPSA) is 71.5 Å². The summed E-state index contributed by atoms with van der Waals surface area (Å²) < 4.78 is 149. The van der Waals surface area contributed by atoms with Crippen LogP contribution in [0.2, 0.25) is 0 Å². The van der Waals surface area contributed by atoms with Gasteiger partial charge in [0.15, 0.2) is 9.84 Å². The number of hydrogen-bond acceptors (Lipinski definition) is 4. The zero-order valence-corrected chi connectivity index (χ0v) is 25.2. The van der Waals surface area contributed by atoms with E-state index in [1.807, 2.05) is 0 Å². The summed E-state index contributed by atoms with van der Waals surface area (Å²) in [5, 5.41) is -0.187. The Balaban J connectivity index is 1.67. The molecule has 15 heteroatoms. The molecule has 1 aliphatic carbocycles. The highest BCUT2D eigenvalue weighted by molar-refractivity contribution is 7.93. The van der Waals surface area contributed by atoms with Crippen LogP contribution in [-0.4, -0.2) is 59.4 Å². The van der Waals surface area contributed by atoms with Gasteiger partial charge in [-0.05, 0) is 67.5 Å². The van der Waals surface area contributed by atoms with Gasteiger partial charge in [-0.1, -0.05) is 32.0 Å². The van der Waals surface area contributed by atoms with Gasteiger partial charge in [0.1, 0.15) is 10.6 Å². The van der Waals surface area contributed by atoms with Gasteiger partial charge >= 0.3 is 18.0 Å². The van der Waals surface area contributed by atoms with Crippen LogP contribution in [0.25, 0.3) is 0 Å². The summed E-state index contributed by atoms with van der Waals surface area (Å²) in [5.74, 6) is -0.705. The molecule has 0 saturated carbocycles. The highest BCUT2D eigenvalue weighted by atomic mass is 32.2. The normalized spacial score (nSPS) is 27.0. The van der Waals surface area contributed by atoms with Crippen LogP contribution >= 0.6 is 0 Å². The number of nitrogens with zero attached hydrogens (tertiary/aromatic N) is 1. The highest BCUT2D eigenvalue weighted by Gasteiger charge is 2.74. The summed E-state index contributed by atoms with van der Waals surface area (Å²) >= 11 is 0. The molecule has 0 spiro atoms. The van der Waals surface area contributed by atoms with Crippen molar-refractivity contribution < 1.29 is 52.5 Å². The first-order valence-electron chi connectivity index (χ1n) is 13.9. The molecule has 2 heterocycles. The van der Waals surface area contributed by atoms with Gasteiger partial charge < -0.3 is 4.90 Å². The average molecular weight is 672 g/mol. The summed E-state index contributed by atoms with van der Waals surface area (Å²) in [5.41, 5.74) is -8.81. The third-order valence-electron chi connectivity index (χ3n) is 9.51. The van der Waals surface area contributed by atoms with E-state index in [2.05, 4.69) is 0 Å². The molecule has 0 N–H and O–H groups in total. The lowest BCUT2D eigenvalue weighted by atomic mass is 9.76. The van der Waals surface area contributed by atoms with Gasteiger partial charge in [-0.3, -0.25) is 9.00 Å². The smallest absolute Gasteiger partial charge is 0.337 e. The van der Waals surface area contributed by atoms with E-state index in [1.165, 1.54) is 4.90 Å². The first-order valence-corrected chi connectivity index (χ1v) is 16.8. The highest BCUT2D eigenvalue weighted by Crippen LogP contribution is 2.57. The summed E-state index contributed by atoms with van der Waals surface area (Å²) in [6.45, 7) is 3.36. The second kappa shape index (κ2) is 10.5. The van der Waals surface area contributed by atoms with Crippen molar-refractivity contribution >= 4 is 26.5 Å². The van der Waals surface area contributed by atoms with Gasteiger partial charge in [-0.2, -0.15) is 26.3 Å². The molecule has 2 fully saturated rings. The molecule has 3 unspecified atom stereocenters. The van der Waals surface area contributed by atoms with Crippen molar-refractivity contribution in [3.8, 4) is 0 Å². The molecule has 0 bridgehead atoms. The zero-order valence-electron chi connectivity index (χ0n) is 23.6. The van der Waals surface area contributed by atoms with Gasteiger partial charge in [0.2, 0.25) is 5.91 Å². The average Bonchev–Trinajstić information content (AvgIpc) is 3.47. The fourth-order valence-electron chi connectivity index (χ4n) is 6.83. The van der Waals surface area contributed by atoms with Crippen LogP contribution < -0.4 is 0 Å². The summed E-state index contributed by atoms with van der Waals surface area (Å²) in [7, 11) is -5.64. The van der Waals surface area contributed by atoms with Crippen molar-refractivity contribution in [3.05, 3.63) is 65.0 Å². The van der Waals surface area contributed by atoms with Crippen LogP contribution in [0.3, 0.4) is 0 Å². The Hall–Kier alpha value is -2.55. The van der Waals surface area contributed by atoms with Crippen molar-refractivity contribution in [1.82, 2.24) is 4.90 Å². The number of carbonyl (C=O) groups excluding carboxylic acids is 1. The third kappa shape index (κ3) is 4.78. The monoisotopic (exact) mass is 671 g/mol. The first-order chi connectivity index (χ1) is 20.2. The number of hydrogen-bond donors (Lipinski definition) is 0. The molecule has 0 radical (unpaired) electrons. The molecule has 5 rings (SSSR count).